The first-order chi connectivity index (χ1) is 26.8. The third-order valence-electron chi connectivity index (χ3n) is 10.2. The zero-order chi connectivity index (χ0) is 38.1. The van der Waals surface area contributed by atoms with E-state index in [0.29, 0.717) is 29.5 Å². The highest BCUT2D eigenvalue weighted by Gasteiger charge is 2.26. The minimum absolute atomic E-state index is 0.0924. The standard InChI is InChI=1S/C22H21FN2O2.C21H22BrN3O3/c23-16-5-3-4-15(14-16)22(26)25-17-8-10-18(11-9-17)27-21-12-13-24-20-7-2-1-6-19(20)21;1-13-11-18(25-28-13)21(26)24-12-14-5-7-15(8-6-14)27-19-9-10-23-20-16(19)3-2-4-17(20)22/h1-7,12-14,17-18H,8-11H2,(H,25,26);2-4,9-11,14-15H,5-8,12H2,1H3,(H,24,26). The number of nitrogens with zero attached hydrogens (tertiary/aromatic N) is 3. The number of aromatic nitrogens is 3. The maximum atomic E-state index is 13.3. The average molecular weight is 809 g/mol. The van der Waals surface area contributed by atoms with Crippen LogP contribution in [0.1, 0.15) is 78.0 Å². The van der Waals surface area contributed by atoms with E-state index in [2.05, 4.69) is 41.7 Å². The Morgan fingerprint density at radius 2 is 1.45 bits per heavy atom. The number of pyridine rings is 2. The summed E-state index contributed by atoms with van der Waals surface area (Å²) < 4.78 is 31.7. The van der Waals surface area contributed by atoms with Crippen LogP contribution in [0, 0.1) is 18.7 Å². The molecule has 2 aliphatic rings. The Hall–Kier alpha value is -5.36. The highest BCUT2D eigenvalue weighted by atomic mass is 79.9. The fourth-order valence-corrected chi connectivity index (χ4v) is 7.70. The number of para-hydroxylation sites is 2. The predicted octanol–water partition coefficient (Wildman–Crippen LogP) is 9.16. The van der Waals surface area contributed by atoms with Gasteiger partial charge in [0.1, 0.15) is 23.1 Å². The van der Waals surface area contributed by atoms with Crippen LogP contribution in [0.4, 0.5) is 4.39 Å². The molecule has 0 saturated heterocycles. The lowest BCUT2D eigenvalue weighted by Gasteiger charge is -2.29. The second-order valence-corrected chi connectivity index (χ2v) is 15.0. The molecule has 3 heterocycles. The molecule has 6 aromatic rings. The number of aryl methyl sites for hydroxylation is 1. The van der Waals surface area contributed by atoms with Gasteiger partial charge in [0.15, 0.2) is 5.69 Å². The topological polar surface area (TPSA) is 128 Å². The highest BCUT2D eigenvalue weighted by Crippen LogP contribution is 2.33. The summed E-state index contributed by atoms with van der Waals surface area (Å²) in [7, 11) is 0. The van der Waals surface area contributed by atoms with E-state index in [4.69, 9.17) is 14.0 Å². The smallest absolute Gasteiger partial charge is 0.273 e. The molecular weight excluding hydrogens is 765 g/mol. The summed E-state index contributed by atoms with van der Waals surface area (Å²) in [6, 6.07) is 25.3. The summed E-state index contributed by atoms with van der Waals surface area (Å²) in [5.74, 6) is 2.03. The molecule has 0 aliphatic heterocycles. The first kappa shape index (κ1) is 37.9. The molecule has 2 fully saturated rings. The lowest BCUT2D eigenvalue weighted by molar-refractivity contribution is 0.0892. The second kappa shape index (κ2) is 17.9. The van der Waals surface area contributed by atoms with Crippen molar-refractivity contribution in [1.29, 1.82) is 0 Å². The zero-order valence-electron chi connectivity index (χ0n) is 30.5. The van der Waals surface area contributed by atoms with Crippen molar-refractivity contribution >= 4 is 49.6 Å². The second-order valence-electron chi connectivity index (χ2n) is 14.1. The number of hydrogen-bond donors (Lipinski definition) is 2. The van der Waals surface area contributed by atoms with Crippen LogP contribution in [0.3, 0.4) is 0 Å². The Bertz CT molecular complexity index is 2240. The number of fused-ring (bicyclic) bond motifs is 2. The number of ether oxygens (including phenoxy) is 2. The molecule has 0 atom stereocenters. The highest BCUT2D eigenvalue weighted by molar-refractivity contribution is 9.10. The molecular formula is C43H43BrFN5O5. The summed E-state index contributed by atoms with van der Waals surface area (Å²) in [6.07, 6.45) is 11.3. The van der Waals surface area contributed by atoms with Crippen molar-refractivity contribution in [3.05, 3.63) is 125 Å². The first-order valence-corrected chi connectivity index (χ1v) is 19.6. The van der Waals surface area contributed by atoms with Crippen LogP contribution in [0.5, 0.6) is 11.5 Å². The van der Waals surface area contributed by atoms with Crippen molar-refractivity contribution in [1.82, 2.24) is 25.8 Å². The molecule has 10 nitrogen and oxygen atoms in total. The van der Waals surface area contributed by atoms with E-state index in [0.717, 1.165) is 89.1 Å². The van der Waals surface area contributed by atoms with Crippen LogP contribution in [0.15, 0.2) is 106 Å². The molecule has 0 bridgehead atoms. The van der Waals surface area contributed by atoms with Gasteiger partial charge in [-0.25, -0.2) is 4.39 Å². The summed E-state index contributed by atoms with van der Waals surface area (Å²) in [5, 5.41) is 11.8. The van der Waals surface area contributed by atoms with Gasteiger partial charge in [-0.05, 0) is 135 Å². The van der Waals surface area contributed by atoms with E-state index in [1.165, 1.54) is 12.1 Å². The molecule has 0 unspecified atom stereocenters. The van der Waals surface area contributed by atoms with Gasteiger partial charge in [0.2, 0.25) is 0 Å². The lowest BCUT2D eigenvalue weighted by Crippen LogP contribution is -2.39. The Balaban J connectivity index is 0.000000169. The van der Waals surface area contributed by atoms with E-state index in [1.54, 1.807) is 37.5 Å². The Morgan fingerprint density at radius 3 is 2.18 bits per heavy atom. The molecule has 2 amide bonds. The number of hydrogen-bond acceptors (Lipinski definition) is 8. The monoisotopic (exact) mass is 807 g/mol. The molecule has 12 heteroatoms. The molecule has 284 valence electrons. The number of carbonyl (C=O) groups excluding carboxylic acids is 2. The number of rotatable bonds is 9. The Morgan fingerprint density at radius 1 is 0.782 bits per heavy atom. The number of halogens is 2. The Kier molecular flexibility index (Phi) is 12.3. The number of benzene rings is 3. The molecule has 2 aliphatic carbocycles. The normalized spacial score (nSPS) is 19.5. The van der Waals surface area contributed by atoms with Gasteiger partial charge in [-0.2, -0.15) is 0 Å². The number of nitrogens with one attached hydrogen (secondary N) is 2. The summed E-state index contributed by atoms with van der Waals surface area (Å²) in [6.45, 7) is 2.43. The lowest BCUT2D eigenvalue weighted by atomic mass is 9.87. The molecule has 8 rings (SSSR count). The predicted molar refractivity (Wildman–Crippen MR) is 212 cm³/mol. The van der Waals surface area contributed by atoms with Gasteiger partial charge in [-0.3, -0.25) is 19.6 Å². The minimum Gasteiger partial charge on any atom is -0.490 e. The van der Waals surface area contributed by atoms with Crippen molar-refractivity contribution in [2.75, 3.05) is 6.54 Å². The minimum atomic E-state index is -0.399. The van der Waals surface area contributed by atoms with Crippen molar-refractivity contribution in [3.8, 4) is 11.5 Å². The fourth-order valence-electron chi connectivity index (χ4n) is 7.23. The molecule has 3 aromatic heterocycles. The molecule has 0 spiro atoms. The van der Waals surface area contributed by atoms with Gasteiger partial charge in [-0.15, -0.1) is 0 Å². The maximum Gasteiger partial charge on any atom is 0.273 e. The van der Waals surface area contributed by atoms with Gasteiger partial charge >= 0.3 is 0 Å². The van der Waals surface area contributed by atoms with Crippen LogP contribution in [-0.4, -0.2) is 51.7 Å². The Labute approximate surface area is 327 Å². The van der Waals surface area contributed by atoms with Gasteiger partial charge in [0, 0.05) is 51.9 Å². The van der Waals surface area contributed by atoms with E-state index in [1.807, 2.05) is 54.6 Å². The van der Waals surface area contributed by atoms with Crippen LogP contribution >= 0.6 is 15.9 Å². The van der Waals surface area contributed by atoms with E-state index in [9.17, 15) is 14.0 Å². The van der Waals surface area contributed by atoms with E-state index < -0.39 is 5.82 Å². The van der Waals surface area contributed by atoms with Crippen molar-refractivity contribution in [2.24, 2.45) is 5.92 Å². The zero-order valence-corrected chi connectivity index (χ0v) is 32.1. The first-order valence-electron chi connectivity index (χ1n) is 18.8. The van der Waals surface area contributed by atoms with Crippen LogP contribution < -0.4 is 20.1 Å². The number of carbonyl (C=O) groups is 2. The summed E-state index contributed by atoms with van der Waals surface area (Å²) in [5.41, 5.74) is 2.53. The maximum absolute atomic E-state index is 13.3. The van der Waals surface area contributed by atoms with Gasteiger partial charge in [-0.1, -0.05) is 29.4 Å². The van der Waals surface area contributed by atoms with Crippen molar-refractivity contribution in [2.45, 2.75) is 76.5 Å². The van der Waals surface area contributed by atoms with E-state index in [-0.39, 0.29) is 30.1 Å². The van der Waals surface area contributed by atoms with E-state index >= 15 is 0 Å². The third-order valence-corrected chi connectivity index (χ3v) is 10.8. The van der Waals surface area contributed by atoms with Crippen LogP contribution in [0.25, 0.3) is 21.8 Å². The summed E-state index contributed by atoms with van der Waals surface area (Å²) in [4.78, 5) is 33.2. The molecule has 55 heavy (non-hydrogen) atoms. The summed E-state index contributed by atoms with van der Waals surface area (Å²) >= 11 is 3.55. The van der Waals surface area contributed by atoms with Crippen LogP contribution in [0.2, 0.25) is 0 Å². The van der Waals surface area contributed by atoms with Gasteiger partial charge in [0.05, 0.1) is 23.2 Å². The largest absolute Gasteiger partial charge is 0.490 e. The van der Waals surface area contributed by atoms with Crippen LogP contribution in [-0.2, 0) is 0 Å². The fraction of sp³-hybridized carbons (Fsp3) is 0.326. The van der Waals surface area contributed by atoms with Gasteiger partial charge in [0.25, 0.3) is 11.8 Å². The third kappa shape index (κ3) is 9.85. The van der Waals surface area contributed by atoms with Crippen molar-refractivity contribution in [3.63, 3.8) is 0 Å². The van der Waals surface area contributed by atoms with Crippen molar-refractivity contribution < 1.29 is 28.0 Å². The van der Waals surface area contributed by atoms with Gasteiger partial charge < -0.3 is 24.6 Å². The number of amides is 2. The molecule has 3 aromatic carbocycles. The average Bonchev–Trinajstić information content (AvgIpc) is 3.65. The SMILES string of the molecule is Cc1cc(C(=O)NCC2CCC(Oc3ccnc4c(Br)cccc34)CC2)no1.O=C(NC1CCC(Oc2ccnc3ccccc23)CC1)c1cccc(F)c1. The quantitative estimate of drug-likeness (QED) is 0.148. The molecule has 2 saturated carbocycles. The molecule has 2 N–H and O–H groups in total. The molecule has 0 radical (unpaired) electrons.